The van der Waals surface area contributed by atoms with Gasteiger partial charge in [-0.1, -0.05) is 78.1 Å². The summed E-state index contributed by atoms with van der Waals surface area (Å²) in [4.78, 5) is 26.3. The molecule has 31 heavy (non-hydrogen) atoms. The second-order valence-corrected chi connectivity index (χ2v) is 8.38. The first-order valence-corrected chi connectivity index (χ1v) is 10.4. The van der Waals surface area contributed by atoms with Gasteiger partial charge in [-0.05, 0) is 29.8 Å². The zero-order chi connectivity index (χ0) is 22.6. The highest BCUT2D eigenvalue weighted by molar-refractivity contribution is 8.26. The normalized spacial score (nSPS) is 15.9. The molecule has 4 nitrogen and oxygen atoms in total. The summed E-state index contributed by atoms with van der Waals surface area (Å²) in [5, 5.41) is 1.86. The van der Waals surface area contributed by atoms with Crippen LogP contribution in [0.1, 0.15) is 11.1 Å². The Morgan fingerprint density at radius 1 is 1.19 bits per heavy atom. The number of amides is 2. The van der Waals surface area contributed by atoms with Crippen molar-refractivity contribution < 1.29 is 22.8 Å². The van der Waals surface area contributed by atoms with E-state index in [-0.39, 0.29) is 10.0 Å². The van der Waals surface area contributed by atoms with Gasteiger partial charge < -0.3 is 5.32 Å². The Kier molecular flexibility index (Phi) is 7.19. The Morgan fingerprint density at radius 3 is 2.58 bits per heavy atom. The molecular formula is C21H14ClF3N2O2S2. The number of nitrogens with one attached hydrogen (secondary N) is 1. The summed E-state index contributed by atoms with van der Waals surface area (Å²) in [6.07, 6.45) is 0.457. The average Bonchev–Trinajstić information content (AvgIpc) is 2.97. The number of carbonyl (C=O) groups excluding carboxylic acids is 2. The smallest absolute Gasteiger partial charge is 0.325 e. The van der Waals surface area contributed by atoms with Crippen LogP contribution in [0.15, 0.2) is 65.6 Å². The number of carbonyl (C=O) groups is 2. The van der Waals surface area contributed by atoms with E-state index in [0.717, 1.165) is 34.4 Å². The molecule has 2 amide bonds. The lowest BCUT2D eigenvalue weighted by Gasteiger charge is -2.15. The fourth-order valence-electron chi connectivity index (χ4n) is 2.63. The Hall–Kier alpha value is -2.62. The van der Waals surface area contributed by atoms with Gasteiger partial charge in [0.1, 0.15) is 10.9 Å². The fourth-order valence-corrected chi connectivity index (χ4v) is 4.06. The number of allylic oxidation sites excluding steroid dienone is 2. The molecule has 10 heteroatoms. The first-order valence-electron chi connectivity index (χ1n) is 8.79. The predicted molar refractivity (Wildman–Crippen MR) is 121 cm³/mol. The SMILES string of the molecule is O=C(CN1C(=O)C(=CC=Cc2ccccc2)SC1=S)Nc1ccc(Cl)c(C(F)(F)F)c1. The van der Waals surface area contributed by atoms with Crippen molar-refractivity contribution >= 4 is 63.5 Å². The van der Waals surface area contributed by atoms with E-state index in [4.69, 9.17) is 23.8 Å². The summed E-state index contributed by atoms with van der Waals surface area (Å²) < 4.78 is 39.1. The third-order valence-corrected chi connectivity index (χ3v) is 5.79. The molecule has 0 atom stereocenters. The van der Waals surface area contributed by atoms with Crippen molar-refractivity contribution in [3.63, 3.8) is 0 Å². The summed E-state index contributed by atoms with van der Waals surface area (Å²) in [6, 6.07) is 12.5. The van der Waals surface area contributed by atoms with Gasteiger partial charge in [0.05, 0.1) is 15.5 Å². The van der Waals surface area contributed by atoms with Crippen LogP contribution in [-0.2, 0) is 15.8 Å². The maximum Gasteiger partial charge on any atom is 0.417 e. The third kappa shape index (κ3) is 5.96. The largest absolute Gasteiger partial charge is 0.417 e. The summed E-state index contributed by atoms with van der Waals surface area (Å²) in [5.74, 6) is -1.14. The van der Waals surface area contributed by atoms with Crippen molar-refractivity contribution in [3.8, 4) is 0 Å². The van der Waals surface area contributed by atoms with E-state index in [9.17, 15) is 22.8 Å². The number of hydrogen-bond donors (Lipinski definition) is 1. The highest BCUT2D eigenvalue weighted by Gasteiger charge is 2.34. The molecule has 2 aromatic carbocycles. The molecule has 0 spiro atoms. The van der Waals surface area contributed by atoms with E-state index in [1.54, 1.807) is 12.2 Å². The molecular weight excluding hydrogens is 469 g/mol. The molecule has 3 rings (SSSR count). The first kappa shape index (κ1) is 23.1. The van der Waals surface area contributed by atoms with Crippen LogP contribution in [0, 0.1) is 0 Å². The van der Waals surface area contributed by atoms with Crippen molar-refractivity contribution in [2.45, 2.75) is 6.18 Å². The first-order chi connectivity index (χ1) is 14.6. The van der Waals surface area contributed by atoms with E-state index in [2.05, 4.69) is 5.32 Å². The molecule has 0 unspecified atom stereocenters. The van der Waals surface area contributed by atoms with Crippen LogP contribution in [-0.4, -0.2) is 27.6 Å². The molecule has 1 heterocycles. The van der Waals surface area contributed by atoms with Crippen LogP contribution >= 0.6 is 35.6 Å². The van der Waals surface area contributed by atoms with E-state index in [1.165, 1.54) is 6.07 Å². The van der Waals surface area contributed by atoms with Gasteiger partial charge in [0, 0.05) is 5.69 Å². The van der Waals surface area contributed by atoms with E-state index < -0.39 is 35.1 Å². The molecule has 1 saturated heterocycles. The van der Waals surface area contributed by atoms with Gasteiger partial charge >= 0.3 is 6.18 Å². The molecule has 1 fully saturated rings. The number of anilines is 1. The molecule has 0 saturated carbocycles. The summed E-state index contributed by atoms with van der Waals surface area (Å²) in [6.45, 7) is -0.422. The molecule has 1 aliphatic heterocycles. The van der Waals surface area contributed by atoms with Crippen molar-refractivity contribution in [1.82, 2.24) is 4.90 Å². The van der Waals surface area contributed by atoms with Crippen molar-refractivity contribution in [2.75, 3.05) is 11.9 Å². The number of alkyl halides is 3. The van der Waals surface area contributed by atoms with E-state index in [0.29, 0.717) is 4.91 Å². The van der Waals surface area contributed by atoms with Crippen LogP contribution in [0.4, 0.5) is 18.9 Å². The fraction of sp³-hybridized carbons (Fsp3) is 0.0952. The topological polar surface area (TPSA) is 49.4 Å². The summed E-state index contributed by atoms with van der Waals surface area (Å²) in [5.41, 5.74) is -0.200. The van der Waals surface area contributed by atoms with Crippen LogP contribution in [0.25, 0.3) is 6.08 Å². The lowest BCUT2D eigenvalue weighted by molar-refractivity contribution is -0.137. The van der Waals surface area contributed by atoms with Crippen LogP contribution < -0.4 is 5.32 Å². The number of thioether (sulfide) groups is 1. The summed E-state index contributed by atoms with van der Waals surface area (Å²) in [7, 11) is 0. The minimum Gasteiger partial charge on any atom is -0.325 e. The van der Waals surface area contributed by atoms with Gasteiger partial charge in [-0.15, -0.1) is 0 Å². The van der Waals surface area contributed by atoms with Gasteiger partial charge in [-0.2, -0.15) is 13.2 Å². The molecule has 0 radical (unpaired) electrons. The number of rotatable bonds is 5. The molecule has 0 aromatic heterocycles. The van der Waals surface area contributed by atoms with Gasteiger partial charge in [0.15, 0.2) is 0 Å². The van der Waals surface area contributed by atoms with Gasteiger partial charge in [-0.25, -0.2) is 0 Å². The number of benzene rings is 2. The molecule has 0 aliphatic carbocycles. The second kappa shape index (κ2) is 9.67. The highest BCUT2D eigenvalue weighted by atomic mass is 35.5. The van der Waals surface area contributed by atoms with Crippen LogP contribution in [0.2, 0.25) is 5.02 Å². The van der Waals surface area contributed by atoms with Gasteiger partial charge in [0.25, 0.3) is 5.91 Å². The number of hydrogen-bond acceptors (Lipinski definition) is 4. The zero-order valence-electron chi connectivity index (χ0n) is 15.7. The average molecular weight is 483 g/mol. The lowest BCUT2D eigenvalue weighted by Crippen LogP contribution is -2.36. The molecule has 160 valence electrons. The maximum absolute atomic E-state index is 13.0. The Morgan fingerprint density at radius 2 is 1.90 bits per heavy atom. The van der Waals surface area contributed by atoms with Crippen molar-refractivity contribution in [3.05, 3.63) is 81.7 Å². The number of thiocarbonyl (C=S) groups is 1. The molecule has 1 aliphatic rings. The zero-order valence-corrected chi connectivity index (χ0v) is 18.0. The Bertz CT molecular complexity index is 1090. The van der Waals surface area contributed by atoms with Crippen molar-refractivity contribution in [1.29, 1.82) is 0 Å². The predicted octanol–water partition coefficient (Wildman–Crippen LogP) is 5.75. The van der Waals surface area contributed by atoms with Gasteiger partial charge in [0.2, 0.25) is 5.91 Å². The third-order valence-electron chi connectivity index (χ3n) is 4.07. The van der Waals surface area contributed by atoms with E-state index >= 15 is 0 Å². The van der Waals surface area contributed by atoms with Crippen LogP contribution in [0.3, 0.4) is 0 Å². The second-order valence-electron chi connectivity index (χ2n) is 6.30. The standard InChI is InChI=1S/C21H14ClF3N2O2S2/c22-16-10-9-14(11-15(16)21(23,24)25)26-18(28)12-27-19(29)17(31-20(27)30)8-4-7-13-5-2-1-3-6-13/h1-11H,12H2,(H,26,28). The number of nitrogens with zero attached hydrogens (tertiary/aromatic N) is 1. The minimum absolute atomic E-state index is 0.0893. The number of halogens is 4. The monoisotopic (exact) mass is 482 g/mol. The van der Waals surface area contributed by atoms with Gasteiger partial charge in [-0.3, -0.25) is 14.5 Å². The Labute approximate surface area is 190 Å². The Balaban J connectivity index is 1.65. The summed E-state index contributed by atoms with van der Waals surface area (Å²) >= 11 is 11.8. The molecule has 2 aromatic rings. The van der Waals surface area contributed by atoms with E-state index in [1.807, 2.05) is 36.4 Å². The molecule has 1 N–H and O–H groups in total. The quantitative estimate of drug-likeness (QED) is 0.435. The minimum atomic E-state index is -4.66. The van der Waals surface area contributed by atoms with Crippen molar-refractivity contribution in [2.24, 2.45) is 0 Å². The molecule has 0 bridgehead atoms. The highest BCUT2D eigenvalue weighted by Crippen LogP contribution is 2.36. The lowest BCUT2D eigenvalue weighted by atomic mass is 10.2. The maximum atomic E-state index is 13.0. The van der Waals surface area contributed by atoms with Crippen LogP contribution in [0.5, 0.6) is 0 Å².